The Morgan fingerprint density at radius 2 is 1.69 bits per heavy atom. The first-order chi connectivity index (χ1) is 6.33. The van der Waals surface area contributed by atoms with Gasteiger partial charge < -0.3 is 10.8 Å². The molecule has 0 spiro atoms. The monoisotopic (exact) mass is 179 g/mol. The van der Waals surface area contributed by atoms with Crippen LogP contribution < -0.4 is 5.73 Å². The van der Waals surface area contributed by atoms with Crippen molar-refractivity contribution in [1.29, 1.82) is 0 Å². The van der Waals surface area contributed by atoms with Gasteiger partial charge in [-0.25, -0.2) is 0 Å². The van der Waals surface area contributed by atoms with E-state index in [4.69, 9.17) is 10.8 Å². The first-order valence-corrected chi connectivity index (χ1v) is 4.81. The molecule has 0 aliphatic carbocycles. The van der Waals surface area contributed by atoms with E-state index in [9.17, 15) is 0 Å². The van der Waals surface area contributed by atoms with Crippen molar-refractivity contribution in [3.05, 3.63) is 29.8 Å². The second-order valence-corrected chi connectivity index (χ2v) is 3.27. The molecule has 0 aromatic heterocycles. The zero-order chi connectivity index (χ0) is 9.52. The van der Waals surface area contributed by atoms with E-state index in [0.717, 1.165) is 19.4 Å². The van der Waals surface area contributed by atoms with Crippen LogP contribution in [0.4, 0.5) is 0 Å². The largest absolute Gasteiger partial charge is 0.508 e. The molecule has 2 nitrogen and oxygen atoms in total. The van der Waals surface area contributed by atoms with Gasteiger partial charge in [-0.1, -0.05) is 18.6 Å². The van der Waals surface area contributed by atoms with E-state index in [0.29, 0.717) is 5.75 Å². The Bertz CT molecular complexity index is 230. The summed E-state index contributed by atoms with van der Waals surface area (Å²) in [6.45, 7) is 0.787. The second-order valence-electron chi connectivity index (χ2n) is 3.27. The molecule has 1 rings (SSSR count). The Morgan fingerprint density at radius 1 is 1.00 bits per heavy atom. The van der Waals surface area contributed by atoms with E-state index >= 15 is 0 Å². The third-order valence-electron chi connectivity index (χ3n) is 2.11. The van der Waals surface area contributed by atoms with Crippen LogP contribution >= 0.6 is 0 Å². The molecular weight excluding hydrogens is 162 g/mol. The Balaban J connectivity index is 2.25. The quantitative estimate of drug-likeness (QED) is 0.680. The minimum atomic E-state index is 0.339. The van der Waals surface area contributed by atoms with Crippen LogP contribution in [0.15, 0.2) is 24.3 Å². The average molecular weight is 179 g/mol. The van der Waals surface area contributed by atoms with Gasteiger partial charge in [0, 0.05) is 0 Å². The van der Waals surface area contributed by atoms with Crippen LogP contribution in [0.2, 0.25) is 0 Å². The zero-order valence-corrected chi connectivity index (χ0v) is 7.87. The summed E-state index contributed by atoms with van der Waals surface area (Å²) in [6, 6.07) is 7.41. The summed E-state index contributed by atoms with van der Waals surface area (Å²) in [5.41, 5.74) is 6.68. The molecule has 13 heavy (non-hydrogen) atoms. The number of benzene rings is 1. The SMILES string of the molecule is NCCCCCc1ccc(O)cc1. The van der Waals surface area contributed by atoms with E-state index in [2.05, 4.69) is 0 Å². The fourth-order valence-corrected chi connectivity index (χ4v) is 1.31. The van der Waals surface area contributed by atoms with Crippen molar-refractivity contribution < 1.29 is 5.11 Å². The Morgan fingerprint density at radius 3 is 2.31 bits per heavy atom. The van der Waals surface area contributed by atoms with Crippen LogP contribution in [0.3, 0.4) is 0 Å². The summed E-state index contributed by atoms with van der Waals surface area (Å²) in [6.07, 6.45) is 4.57. The maximum absolute atomic E-state index is 9.05. The van der Waals surface area contributed by atoms with Crippen LogP contribution in [0.1, 0.15) is 24.8 Å². The normalized spacial score (nSPS) is 10.2. The van der Waals surface area contributed by atoms with Crippen molar-refractivity contribution in [3.63, 3.8) is 0 Å². The minimum absolute atomic E-state index is 0.339. The fourth-order valence-electron chi connectivity index (χ4n) is 1.31. The molecule has 0 aliphatic rings. The van der Waals surface area contributed by atoms with E-state index in [1.807, 2.05) is 12.1 Å². The highest BCUT2D eigenvalue weighted by molar-refractivity contribution is 5.25. The number of aromatic hydroxyl groups is 1. The van der Waals surface area contributed by atoms with Gasteiger partial charge in [-0.2, -0.15) is 0 Å². The summed E-state index contributed by atoms with van der Waals surface area (Å²) in [5.74, 6) is 0.339. The van der Waals surface area contributed by atoms with E-state index in [1.165, 1.54) is 18.4 Å². The molecule has 0 fully saturated rings. The van der Waals surface area contributed by atoms with Crippen LogP contribution in [-0.4, -0.2) is 11.7 Å². The van der Waals surface area contributed by atoms with Gasteiger partial charge in [0.1, 0.15) is 5.75 Å². The van der Waals surface area contributed by atoms with E-state index in [-0.39, 0.29) is 0 Å². The molecule has 0 atom stereocenters. The van der Waals surface area contributed by atoms with Crippen molar-refractivity contribution in [1.82, 2.24) is 0 Å². The zero-order valence-electron chi connectivity index (χ0n) is 7.87. The Kier molecular flexibility index (Phi) is 4.33. The topological polar surface area (TPSA) is 46.2 Å². The molecule has 0 aliphatic heterocycles. The van der Waals surface area contributed by atoms with Gasteiger partial charge >= 0.3 is 0 Å². The summed E-state index contributed by atoms with van der Waals surface area (Å²) in [5, 5.41) is 9.05. The van der Waals surface area contributed by atoms with Gasteiger partial charge in [0.25, 0.3) is 0 Å². The Labute approximate surface area is 79.4 Å². The molecule has 0 saturated heterocycles. The molecular formula is C11H17NO. The van der Waals surface area contributed by atoms with Crippen molar-refractivity contribution >= 4 is 0 Å². The fraction of sp³-hybridized carbons (Fsp3) is 0.455. The average Bonchev–Trinajstić information content (AvgIpc) is 2.15. The van der Waals surface area contributed by atoms with Gasteiger partial charge in [-0.3, -0.25) is 0 Å². The standard InChI is InChI=1S/C11H17NO/c12-9-3-1-2-4-10-5-7-11(13)8-6-10/h5-8,13H,1-4,9,12H2. The number of hydrogen-bond donors (Lipinski definition) is 2. The first-order valence-electron chi connectivity index (χ1n) is 4.81. The maximum atomic E-state index is 9.05. The number of aryl methyl sites for hydroxylation is 1. The number of phenols is 1. The van der Waals surface area contributed by atoms with Crippen molar-refractivity contribution in [2.24, 2.45) is 5.73 Å². The van der Waals surface area contributed by atoms with Crippen molar-refractivity contribution in [2.75, 3.05) is 6.54 Å². The second kappa shape index (κ2) is 5.60. The number of hydrogen-bond acceptors (Lipinski definition) is 2. The van der Waals surface area contributed by atoms with Gasteiger partial charge in [0.05, 0.1) is 0 Å². The summed E-state index contributed by atoms with van der Waals surface area (Å²) in [4.78, 5) is 0. The highest BCUT2D eigenvalue weighted by Crippen LogP contribution is 2.12. The van der Waals surface area contributed by atoms with Crippen LogP contribution in [0.5, 0.6) is 5.75 Å². The smallest absolute Gasteiger partial charge is 0.115 e. The molecule has 0 amide bonds. The first kappa shape index (κ1) is 10.1. The maximum Gasteiger partial charge on any atom is 0.115 e. The van der Waals surface area contributed by atoms with Gasteiger partial charge in [0.2, 0.25) is 0 Å². The molecule has 3 N–H and O–H groups in total. The Hall–Kier alpha value is -1.02. The highest BCUT2D eigenvalue weighted by atomic mass is 16.3. The lowest BCUT2D eigenvalue weighted by atomic mass is 10.1. The number of phenolic OH excluding ortho intramolecular Hbond substituents is 1. The molecule has 2 heteroatoms. The predicted molar refractivity (Wildman–Crippen MR) is 54.7 cm³/mol. The molecule has 0 unspecified atom stereocenters. The summed E-state index contributed by atoms with van der Waals surface area (Å²) < 4.78 is 0. The molecule has 0 bridgehead atoms. The lowest BCUT2D eigenvalue weighted by Crippen LogP contribution is -1.98. The lowest BCUT2D eigenvalue weighted by Gasteiger charge is -2.00. The van der Waals surface area contributed by atoms with Crippen molar-refractivity contribution in [3.8, 4) is 5.75 Å². The summed E-state index contributed by atoms with van der Waals surface area (Å²) >= 11 is 0. The highest BCUT2D eigenvalue weighted by Gasteiger charge is 1.93. The molecule has 0 saturated carbocycles. The van der Waals surface area contributed by atoms with Gasteiger partial charge in [-0.05, 0) is 43.5 Å². The molecule has 0 radical (unpaired) electrons. The van der Waals surface area contributed by atoms with Gasteiger partial charge in [-0.15, -0.1) is 0 Å². The summed E-state index contributed by atoms with van der Waals surface area (Å²) in [7, 11) is 0. The third-order valence-corrected chi connectivity index (χ3v) is 2.11. The number of nitrogens with two attached hydrogens (primary N) is 1. The minimum Gasteiger partial charge on any atom is -0.508 e. The molecule has 1 aromatic rings. The number of unbranched alkanes of at least 4 members (excludes halogenated alkanes) is 2. The van der Waals surface area contributed by atoms with Crippen molar-refractivity contribution in [2.45, 2.75) is 25.7 Å². The van der Waals surface area contributed by atoms with Crippen LogP contribution in [0, 0.1) is 0 Å². The molecule has 1 aromatic carbocycles. The van der Waals surface area contributed by atoms with Crippen LogP contribution in [0.25, 0.3) is 0 Å². The van der Waals surface area contributed by atoms with Gasteiger partial charge in [0.15, 0.2) is 0 Å². The third kappa shape index (κ3) is 3.95. The predicted octanol–water partition coefficient (Wildman–Crippen LogP) is 2.06. The molecule has 0 heterocycles. The van der Waals surface area contributed by atoms with E-state index in [1.54, 1.807) is 12.1 Å². The molecule has 72 valence electrons. The lowest BCUT2D eigenvalue weighted by molar-refractivity contribution is 0.475. The number of rotatable bonds is 5. The van der Waals surface area contributed by atoms with Crippen LogP contribution in [-0.2, 0) is 6.42 Å². The van der Waals surface area contributed by atoms with E-state index < -0.39 is 0 Å².